The maximum Gasteiger partial charge on any atom is 0.208 e. The predicted molar refractivity (Wildman–Crippen MR) is 42.5 cm³/mol. The Bertz CT molecular complexity index is 419. The molecule has 5 nitrogen and oxygen atoms in total. The van der Waals surface area contributed by atoms with Gasteiger partial charge in [-0.25, -0.2) is 4.98 Å². The van der Waals surface area contributed by atoms with Crippen LogP contribution in [0, 0.1) is 0 Å². The summed E-state index contributed by atoms with van der Waals surface area (Å²) in [5.41, 5.74) is 2.04. The van der Waals surface area contributed by atoms with Crippen molar-refractivity contribution in [3.63, 3.8) is 0 Å². The third kappa shape index (κ3) is 0.905. The fourth-order valence-electron chi connectivity index (χ4n) is 1.49. The SMILES string of the molecule is c1ncc(-c2onc3c2CNC3)o1. The average molecular weight is 177 g/mol. The van der Waals surface area contributed by atoms with Crippen LogP contribution >= 0.6 is 0 Å². The van der Waals surface area contributed by atoms with Crippen LogP contribution in [0.2, 0.25) is 0 Å². The van der Waals surface area contributed by atoms with Crippen LogP contribution in [0.4, 0.5) is 0 Å². The minimum absolute atomic E-state index is 0.637. The van der Waals surface area contributed by atoms with Gasteiger partial charge in [0.05, 0.1) is 6.20 Å². The first-order valence-corrected chi connectivity index (χ1v) is 4.02. The van der Waals surface area contributed by atoms with Gasteiger partial charge >= 0.3 is 0 Å². The molecule has 0 amide bonds. The van der Waals surface area contributed by atoms with Gasteiger partial charge in [0, 0.05) is 18.7 Å². The number of hydrogen-bond acceptors (Lipinski definition) is 5. The molecule has 5 heteroatoms. The Morgan fingerprint density at radius 3 is 3.23 bits per heavy atom. The molecule has 0 atom stereocenters. The van der Waals surface area contributed by atoms with Crippen molar-refractivity contribution >= 4 is 0 Å². The van der Waals surface area contributed by atoms with Gasteiger partial charge in [-0.3, -0.25) is 0 Å². The van der Waals surface area contributed by atoms with Crippen LogP contribution in [-0.4, -0.2) is 10.1 Å². The van der Waals surface area contributed by atoms with E-state index in [-0.39, 0.29) is 0 Å². The quantitative estimate of drug-likeness (QED) is 0.702. The summed E-state index contributed by atoms with van der Waals surface area (Å²) in [5.74, 6) is 1.33. The number of hydrogen-bond donors (Lipinski definition) is 1. The molecule has 2 aromatic heterocycles. The van der Waals surface area contributed by atoms with E-state index in [9.17, 15) is 0 Å². The van der Waals surface area contributed by atoms with E-state index in [0.717, 1.165) is 24.3 Å². The summed E-state index contributed by atoms with van der Waals surface area (Å²) >= 11 is 0. The summed E-state index contributed by atoms with van der Waals surface area (Å²) in [5, 5.41) is 7.11. The fourth-order valence-corrected chi connectivity index (χ4v) is 1.49. The second-order valence-electron chi connectivity index (χ2n) is 2.91. The van der Waals surface area contributed by atoms with Crippen molar-refractivity contribution in [2.45, 2.75) is 13.1 Å². The molecule has 3 heterocycles. The summed E-state index contributed by atoms with van der Waals surface area (Å²) in [6.45, 7) is 1.56. The van der Waals surface area contributed by atoms with E-state index < -0.39 is 0 Å². The van der Waals surface area contributed by atoms with E-state index in [4.69, 9.17) is 8.94 Å². The molecule has 0 saturated heterocycles. The molecule has 0 saturated carbocycles. The van der Waals surface area contributed by atoms with E-state index in [0.29, 0.717) is 11.5 Å². The Kier molecular flexibility index (Phi) is 1.28. The summed E-state index contributed by atoms with van der Waals surface area (Å²) in [6, 6.07) is 0. The maximum absolute atomic E-state index is 5.16. The van der Waals surface area contributed by atoms with Crippen molar-refractivity contribution in [3.8, 4) is 11.5 Å². The van der Waals surface area contributed by atoms with Gasteiger partial charge < -0.3 is 14.3 Å². The molecule has 0 fully saturated rings. The number of nitrogens with zero attached hydrogens (tertiary/aromatic N) is 2. The molecule has 0 spiro atoms. The first-order valence-electron chi connectivity index (χ1n) is 4.02. The number of nitrogens with one attached hydrogen (secondary N) is 1. The van der Waals surface area contributed by atoms with E-state index in [2.05, 4.69) is 15.5 Å². The Morgan fingerprint density at radius 1 is 1.38 bits per heavy atom. The third-order valence-corrected chi connectivity index (χ3v) is 2.12. The zero-order valence-corrected chi connectivity index (χ0v) is 6.78. The Hall–Kier alpha value is -1.62. The van der Waals surface area contributed by atoms with Crippen LogP contribution < -0.4 is 5.32 Å². The van der Waals surface area contributed by atoms with E-state index in [1.165, 1.54) is 6.39 Å². The van der Waals surface area contributed by atoms with Gasteiger partial charge in [-0.05, 0) is 0 Å². The standard InChI is InChI=1S/C8H7N3O2/c1-5-6(2-9-1)11-13-8(5)7-3-10-4-12-7/h3-4,9H,1-2H2. The van der Waals surface area contributed by atoms with Crippen LogP contribution in [0.25, 0.3) is 11.5 Å². The lowest BCUT2D eigenvalue weighted by Gasteiger charge is -1.91. The van der Waals surface area contributed by atoms with Gasteiger partial charge in [-0.2, -0.15) is 0 Å². The molecule has 1 N–H and O–H groups in total. The predicted octanol–water partition coefficient (Wildman–Crippen LogP) is 0.933. The van der Waals surface area contributed by atoms with Crippen molar-refractivity contribution in [3.05, 3.63) is 23.8 Å². The molecule has 1 aliphatic rings. The molecule has 2 aromatic rings. The zero-order valence-electron chi connectivity index (χ0n) is 6.78. The summed E-state index contributed by atoms with van der Waals surface area (Å²) in [6.07, 6.45) is 3.01. The van der Waals surface area contributed by atoms with E-state index in [1.54, 1.807) is 6.20 Å². The van der Waals surface area contributed by atoms with Crippen molar-refractivity contribution in [1.29, 1.82) is 0 Å². The van der Waals surface area contributed by atoms with Gasteiger partial charge in [0.1, 0.15) is 5.69 Å². The summed E-state index contributed by atoms with van der Waals surface area (Å²) < 4.78 is 10.3. The molecule has 0 aliphatic carbocycles. The van der Waals surface area contributed by atoms with Crippen LogP contribution in [0.15, 0.2) is 21.5 Å². The Labute approximate surface area is 73.7 Å². The van der Waals surface area contributed by atoms with Gasteiger partial charge in [0.25, 0.3) is 0 Å². The second kappa shape index (κ2) is 2.43. The second-order valence-corrected chi connectivity index (χ2v) is 2.91. The lowest BCUT2D eigenvalue weighted by Crippen LogP contribution is -2.01. The molecule has 13 heavy (non-hydrogen) atoms. The lowest BCUT2D eigenvalue weighted by atomic mass is 10.2. The number of rotatable bonds is 1. The highest BCUT2D eigenvalue weighted by atomic mass is 16.5. The van der Waals surface area contributed by atoms with Crippen LogP contribution in [0.1, 0.15) is 11.3 Å². The molecule has 0 aromatic carbocycles. The first-order chi connectivity index (χ1) is 6.45. The van der Waals surface area contributed by atoms with Crippen LogP contribution in [0.3, 0.4) is 0 Å². The average Bonchev–Trinajstić information content (AvgIpc) is 2.79. The van der Waals surface area contributed by atoms with E-state index >= 15 is 0 Å². The molecule has 0 unspecified atom stereocenters. The maximum atomic E-state index is 5.16. The normalized spacial score (nSPS) is 14.8. The molecule has 0 radical (unpaired) electrons. The molecule has 66 valence electrons. The molecule has 3 rings (SSSR count). The van der Waals surface area contributed by atoms with Crippen molar-refractivity contribution in [2.75, 3.05) is 0 Å². The monoisotopic (exact) mass is 177 g/mol. The molecular formula is C8H7N3O2. The Balaban J connectivity index is 2.16. The van der Waals surface area contributed by atoms with Crippen molar-refractivity contribution in [2.24, 2.45) is 0 Å². The van der Waals surface area contributed by atoms with E-state index in [1.807, 2.05) is 0 Å². The van der Waals surface area contributed by atoms with Gasteiger partial charge in [0.2, 0.25) is 5.76 Å². The smallest absolute Gasteiger partial charge is 0.208 e. The number of fused-ring (bicyclic) bond motifs is 1. The highest BCUT2D eigenvalue weighted by Gasteiger charge is 2.23. The van der Waals surface area contributed by atoms with Crippen molar-refractivity contribution < 1.29 is 8.94 Å². The van der Waals surface area contributed by atoms with Crippen LogP contribution in [-0.2, 0) is 13.1 Å². The lowest BCUT2D eigenvalue weighted by molar-refractivity contribution is 0.404. The minimum Gasteiger partial charge on any atom is -0.440 e. The fraction of sp³-hybridized carbons (Fsp3) is 0.250. The number of aromatic nitrogens is 2. The number of oxazole rings is 1. The van der Waals surface area contributed by atoms with Gasteiger partial charge in [0.15, 0.2) is 12.2 Å². The summed E-state index contributed by atoms with van der Waals surface area (Å²) in [7, 11) is 0. The third-order valence-electron chi connectivity index (χ3n) is 2.12. The molecule has 1 aliphatic heterocycles. The topological polar surface area (TPSA) is 64.1 Å². The van der Waals surface area contributed by atoms with Gasteiger partial charge in [-0.15, -0.1) is 0 Å². The largest absolute Gasteiger partial charge is 0.440 e. The molecular weight excluding hydrogens is 170 g/mol. The summed E-state index contributed by atoms with van der Waals surface area (Å²) in [4.78, 5) is 3.83. The first kappa shape index (κ1) is 6.85. The zero-order chi connectivity index (χ0) is 8.67. The van der Waals surface area contributed by atoms with Crippen molar-refractivity contribution in [1.82, 2.24) is 15.5 Å². The minimum atomic E-state index is 0.637. The highest BCUT2D eigenvalue weighted by molar-refractivity contribution is 5.55. The Morgan fingerprint density at radius 2 is 2.38 bits per heavy atom. The van der Waals surface area contributed by atoms with Gasteiger partial charge in [-0.1, -0.05) is 5.16 Å². The highest BCUT2D eigenvalue weighted by Crippen LogP contribution is 2.28. The van der Waals surface area contributed by atoms with Crippen LogP contribution in [0.5, 0.6) is 0 Å². The molecule has 0 bridgehead atoms.